The topological polar surface area (TPSA) is 48.7 Å². The predicted octanol–water partition coefficient (Wildman–Crippen LogP) is 1.95. The van der Waals surface area contributed by atoms with Gasteiger partial charge in [0.15, 0.2) is 11.5 Å². The molecule has 0 fully saturated rings. The number of hydrogen-bond acceptors (Lipinski definition) is 4. The Hall–Kier alpha value is -2.27. The van der Waals surface area contributed by atoms with Gasteiger partial charge in [-0.25, -0.2) is 0 Å². The highest BCUT2D eigenvalue weighted by Crippen LogP contribution is 2.22. The van der Waals surface area contributed by atoms with Crippen LogP contribution in [0.4, 0.5) is 0 Å². The van der Waals surface area contributed by atoms with Gasteiger partial charge < -0.3 is 13.7 Å². The Morgan fingerprint density at radius 2 is 2.00 bits per heavy atom. The zero-order valence-electron chi connectivity index (χ0n) is 13.4. The molecule has 0 saturated carbocycles. The second-order valence-corrected chi connectivity index (χ2v) is 4.23. The fourth-order valence-electron chi connectivity index (χ4n) is 1.90. The summed E-state index contributed by atoms with van der Waals surface area (Å²) in [5.74, 6) is 0.431. The Labute approximate surface area is 131 Å². The van der Waals surface area contributed by atoms with Crippen molar-refractivity contribution in [1.82, 2.24) is 0 Å². The molecule has 0 aliphatic rings. The molecule has 0 aliphatic carbocycles. The SMILES string of the molecule is C=C/C=C\C(=C/C)c1oc(=C/C)/c(=C\C)c(=O)c1O[B]OC. The third-order valence-electron chi connectivity index (χ3n) is 2.93. The zero-order chi connectivity index (χ0) is 16.5. The van der Waals surface area contributed by atoms with Gasteiger partial charge >= 0.3 is 7.69 Å². The smallest absolute Gasteiger partial charge is 0.532 e. The Kier molecular flexibility index (Phi) is 7.19. The van der Waals surface area contributed by atoms with Gasteiger partial charge in [-0.15, -0.1) is 0 Å². The lowest BCUT2D eigenvalue weighted by Gasteiger charge is -2.09. The maximum Gasteiger partial charge on any atom is 0.572 e. The molecule has 0 spiro atoms. The molecular weight excluding hydrogens is 279 g/mol. The van der Waals surface area contributed by atoms with E-state index < -0.39 is 0 Å². The second-order valence-electron chi connectivity index (χ2n) is 4.23. The maximum absolute atomic E-state index is 12.6. The van der Waals surface area contributed by atoms with Crippen molar-refractivity contribution in [2.45, 2.75) is 20.8 Å². The van der Waals surface area contributed by atoms with E-state index in [1.54, 1.807) is 37.3 Å². The van der Waals surface area contributed by atoms with Gasteiger partial charge in [-0.05, 0) is 26.8 Å². The maximum atomic E-state index is 12.6. The van der Waals surface area contributed by atoms with Gasteiger partial charge in [0.2, 0.25) is 5.43 Å². The van der Waals surface area contributed by atoms with Gasteiger partial charge in [-0.2, -0.15) is 0 Å². The third kappa shape index (κ3) is 3.89. The van der Waals surface area contributed by atoms with E-state index in [2.05, 4.69) is 6.58 Å². The molecule has 0 bridgehead atoms. The molecule has 0 aromatic carbocycles. The lowest BCUT2D eigenvalue weighted by molar-refractivity contribution is 0.354. The summed E-state index contributed by atoms with van der Waals surface area (Å²) in [4.78, 5) is 12.6. The normalized spacial score (nSPS) is 13.7. The van der Waals surface area contributed by atoms with Gasteiger partial charge in [0.1, 0.15) is 5.42 Å². The van der Waals surface area contributed by atoms with Crippen LogP contribution in [0.15, 0.2) is 40.1 Å². The van der Waals surface area contributed by atoms with Gasteiger partial charge in [0.05, 0.1) is 5.22 Å². The number of rotatable bonds is 6. The van der Waals surface area contributed by atoms with Crippen molar-refractivity contribution in [2.24, 2.45) is 0 Å². The van der Waals surface area contributed by atoms with Gasteiger partial charge in [-0.3, -0.25) is 4.79 Å². The molecule has 1 aromatic rings. The zero-order valence-corrected chi connectivity index (χ0v) is 13.4. The largest absolute Gasteiger partial charge is 0.572 e. The minimum atomic E-state index is -0.253. The molecule has 0 atom stereocenters. The molecule has 0 saturated heterocycles. The van der Waals surface area contributed by atoms with E-state index in [0.717, 1.165) is 7.69 Å². The summed E-state index contributed by atoms with van der Waals surface area (Å²) in [6, 6.07) is 0. The van der Waals surface area contributed by atoms with Crippen LogP contribution in [0.25, 0.3) is 17.7 Å². The summed E-state index contributed by atoms with van der Waals surface area (Å²) >= 11 is 0. The van der Waals surface area contributed by atoms with Crippen molar-refractivity contribution in [3.8, 4) is 5.75 Å². The average Bonchev–Trinajstić information content (AvgIpc) is 2.54. The first-order valence-electron chi connectivity index (χ1n) is 6.91. The fraction of sp³-hybridized carbons (Fsp3) is 0.235. The lowest BCUT2D eigenvalue weighted by atomic mass is 10.1. The fourth-order valence-corrected chi connectivity index (χ4v) is 1.90. The second kappa shape index (κ2) is 8.90. The molecule has 0 amide bonds. The molecule has 0 N–H and O–H groups in total. The van der Waals surface area contributed by atoms with Crippen LogP contribution in [-0.4, -0.2) is 14.8 Å². The van der Waals surface area contributed by atoms with E-state index in [1.165, 1.54) is 7.11 Å². The monoisotopic (exact) mass is 299 g/mol. The molecule has 5 heteroatoms. The third-order valence-corrected chi connectivity index (χ3v) is 2.93. The summed E-state index contributed by atoms with van der Waals surface area (Å²) in [6.45, 7) is 9.07. The van der Waals surface area contributed by atoms with Crippen molar-refractivity contribution in [3.05, 3.63) is 57.5 Å². The van der Waals surface area contributed by atoms with E-state index in [4.69, 9.17) is 13.7 Å². The summed E-state index contributed by atoms with van der Waals surface area (Å²) in [7, 11) is 2.53. The van der Waals surface area contributed by atoms with E-state index in [1.807, 2.05) is 19.9 Å². The summed E-state index contributed by atoms with van der Waals surface area (Å²) in [6.07, 6.45) is 10.5. The van der Waals surface area contributed by atoms with Crippen LogP contribution in [0.5, 0.6) is 5.75 Å². The Bertz CT molecular complexity index is 754. The summed E-state index contributed by atoms with van der Waals surface area (Å²) in [5.41, 5.74) is 0.956. The van der Waals surface area contributed by atoms with Crippen molar-refractivity contribution >= 4 is 25.4 Å². The summed E-state index contributed by atoms with van der Waals surface area (Å²) in [5, 5.41) is 0.453. The predicted molar refractivity (Wildman–Crippen MR) is 90.9 cm³/mol. The van der Waals surface area contributed by atoms with E-state index in [0.29, 0.717) is 22.0 Å². The van der Waals surface area contributed by atoms with Gasteiger partial charge in [0, 0.05) is 12.7 Å². The van der Waals surface area contributed by atoms with Crippen LogP contribution >= 0.6 is 0 Å². The highest BCUT2D eigenvalue weighted by Gasteiger charge is 2.16. The molecule has 1 rings (SSSR count). The van der Waals surface area contributed by atoms with Crippen LogP contribution in [-0.2, 0) is 4.65 Å². The lowest BCUT2D eigenvalue weighted by Crippen LogP contribution is -2.40. The van der Waals surface area contributed by atoms with Crippen molar-refractivity contribution < 1.29 is 13.7 Å². The number of hydrogen-bond donors (Lipinski definition) is 0. The highest BCUT2D eigenvalue weighted by molar-refractivity contribution is 6.19. The first kappa shape index (κ1) is 17.8. The summed E-state index contributed by atoms with van der Waals surface area (Å²) < 4.78 is 16.0. The molecule has 0 unspecified atom stereocenters. The quantitative estimate of drug-likeness (QED) is 0.595. The van der Waals surface area contributed by atoms with E-state index in [-0.39, 0.29) is 11.2 Å². The van der Waals surface area contributed by atoms with E-state index in [9.17, 15) is 4.79 Å². The first-order valence-corrected chi connectivity index (χ1v) is 6.91. The van der Waals surface area contributed by atoms with Gasteiger partial charge in [0.25, 0.3) is 0 Å². The Morgan fingerprint density at radius 1 is 1.27 bits per heavy atom. The number of allylic oxidation sites excluding steroid dienone is 5. The molecule has 1 aromatic heterocycles. The molecule has 1 radical (unpaired) electrons. The Balaban J connectivity index is 3.75. The van der Waals surface area contributed by atoms with Crippen molar-refractivity contribution in [1.29, 1.82) is 0 Å². The van der Waals surface area contributed by atoms with Crippen LogP contribution in [0.1, 0.15) is 26.5 Å². The first-order chi connectivity index (χ1) is 10.6. The van der Waals surface area contributed by atoms with Crippen molar-refractivity contribution in [2.75, 3.05) is 7.11 Å². The minimum Gasteiger partial charge on any atom is -0.532 e. The minimum absolute atomic E-state index is 0.0855. The molecular formula is C17H20BO4. The van der Waals surface area contributed by atoms with Crippen LogP contribution in [0.2, 0.25) is 0 Å². The van der Waals surface area contributed by atoms with Crippen LogP contribution in [0.3, 0.4) is 0 Å². The Morgan fingerprint density at radius 3 is 2.50 bits per heavy atom. The standard InChI is InChI=1S/C17H20BO4/c1-6-10-11-12(7-2)16-17(22-18-20-5)15(19)13(8-3)14(9-4)21-16/h6-11H,1H2,2-5H3/b11-10-,12-7+,13-8+,14-9+. The van der Waals surface area contributed by atoms with Crippen LogP contribution in [0, 0.1) is 0 Å². The molecule has 115 valence electrons. The average molecular weight is 299 g/mol. The molecule has 22 heavy (non-hydrogen) atoms. The highest BCUT2D eigenvalue weighted by atomic mass is 16.6. The van der Waals surface area contributed by atoms with E-state index >= 15 is 0 Å². The molecule has 0 aliphatic heterocycles. The molecule has 4 nitrogen and oxygen atoms in total. The van der Waals surface area contributed by atoms with Gasteiger partial charge in [-0.1, -0.05) is 37.0 Å². The van der Waals surface area contributed by atoms with Crippen molar-refractivity contribution in [3.63, 3.8) is 0 Å². The van der Waals surface area contributed by atoms with Crippen LogP contribution < -0.4 is 20.7 Å². The molecule has 1 heterocycles.